The summed E-state index contributed by atoms with van der Waals surface area (Å²) in [6, 6.07) is 12.1. The highest BCUT2D eigenvalue weighted by Gasteiger charge is 2.18. The lowest BCUT2D eigenvalue weighted by Gasteiger charge is -2.08. The highest BCUT2D eigenvalue weighted by Crippen LogP contribution is 2.22. The maximum absolute atomic E-state index is 12.1. The molecule has 0 aliphatic rings. The van der Waals surface area contributed by atoms with Gasteiger partial charge in [0, 0.05) is 5.39 Å². The highest BCUT2D eigenvalue weighted by atomic mass is 32.2. The quantitative estimate of drug-likeness (QED) is 0.856. The first-order valence-electron chi connectivity index (χ1n) is 5.59. The van der Waals surface area contributed by atoms with Gasteiger partial charge in [-0.15, -0.1) is 0 Å². The maximum Gasteiger partial charge on any atom is 0.320 e. The number of benzene rings is 2. The Labute approximate surface area is 111 Å². The molecule has 2 aromatic rings. The minimum atomic E-state index is -3.74. The van der Waals surface area contributed by atoms with E-state index in [0.717, 1.165) is 5.39 Å². The monoisotopic (exact) mass is 279 g/mol. The molecule has 0 aliphatic heterocycles. The van der Waals surface area contributed by atoms with Crippen LogP contribution in [0.5, 0.6) is 0 Å². The average Bonchev–Trinajstić information content (AvgIpc) is 2.44. The van der Waals surface area contributed by atoms with Gasteiger partial charge in [0.15, 0.2) is 0 Å². The molecule has 0 aromatic heterocycles. The zero-order chi connectivity index (χ0) is 13.9. The molecule has 0 radical (unpaired) electrons. The van der Waals surface area contributed by atoms with E-state index in [1.807, 2.05) is 18.2 Å². The van der Waals surface area contributed by atoms with Crippen molar-refractivity contribution in [3.05, 3.63) is 42.5 Å². The van der Waals surface area contributed by atoms with Crippen molar-refractivity contribution in [2.45, 2.75) is 4.90 Å². The topological polar surface area (TPSA) is 72.5 Å². The number of methoxy groups -OCH3 is 1. The number of hydrogen-bond donors (Lipinski definition) is 1. The van der Waals surface area contributed by atoms with Gasteiger partial charge in [0.1, 0.15) is 6.54 Å². The summed E-state index contributed by atoms with van der Waals surface area (Å²) in [4.78, 5) is 11.2. The second-order valence-electron chi connectivity index (χ2n) is 3.88. The van der Waals surface area contributed by atoms with E-state index in [4.69, 9.17) is 0 Å². The lowest BCUT2D eigenvalue weighted by Crippen LogP contribution is -2.30. The van der Waals surface area contributed by atoms with Crippen molar-refractivity contribution >= 4 is 26.8 Å². The Balaban J connectivity index is 2.41. The van der Waals surface area contributed by atoms with E-state index in [2.05, 4.69) is 9.46 Å². The molecule has 0 bridgehead atoms. The molecular formula is C13H13NO4S. The Morgan fingerprint density at radius 3 is 2.58 bits per heavy atom. The third-order valence-corrected chi connectivity index (χ3v) is 4.13. The number of nitrogens with one attached hydrogen (secondary N) is 1. The van der Waals surface area contributed by atoms with E-state index in [0.29, 0.717) is 5.39 Å². The molecule has 2 rings (SSSR count). The van der Waals surface area contributed by atoms with Crippen molar-refractivity contribution < 1.29 is 17.9 Å². The summed E-state index contributed by atoms with van der Waals surface area (Å²) in [5, 5.41) is 1.44. The Morgan fingerprint density at radius 1 is 1.16 bits per heavy atom. The van der Waals surface area contributed by atoms with Crippen LogP contribution in [0.1, 0.15) is 0 Å². The number of esters is 1. The number of hydrogen-bond acceptors (Lipinski definition) is 4. The summed E-state index contributed by atoms with van der Waals surface area (Å²) >= 11 is 0. The van der Waals surface area contributed by atoms with Crippen molar-refractivity contribution in [2.75, 3.05) is 13.7 Å². The Hall–Kier alpha value is -1.92. The van der Waals surface area contributed by atoms with Gasteiger partial charge >= 0.3 is 5.97 Å². The van der Waals surface area contributed by atoms with E-state index < -0.39 is 16.0 Å². The van der Waals surface area contributed by atoms with Crippen LogP contribution in [0, 0.1) is 0 Å². The zero-order valence-corrected chi connectivity index (χ0v) is 11.1. The van der Waals surface area contributed by atoms with E-state index in [1.165, 1.54) is 13.2 Å². The van der Waals surface area contributed by atoms with Crippen LogP contribution in [0.3, 0.4) is 0 Å². The molecule has 1 N–H and O–H groups in total. The van der Waals surface area contributed by atoms with Gasteiger partial charge in [0.25, 0.3) is 0 Å². The molecule has 0 fully saturated rings. The molecule has 0 aliphatic carbocycles. The summed E-state index contributed by atoms with van der Waals surface area (Å²) in [7, 11) is -2.54. The van der Waals surface area contributed by atoms with Crippen molar-refractivity contribution in [2.24, 2.45) is 0 Å². The average molecular weight is 279 g/mol. The molecular weight excluding hydrogens is 266 g/mol. The van der Waals surface area contributed by atoms with Gasteiger partial charge in [0.05, 0.1) is 12.0 Å². The van der Waals surface area contributed by atoms with Crippen molar-refractivity contribution in [3.63, 3.8) is 0 Å². The molecule has 0 heterocycles. The number of fused-ring (bicyclic) bond motifs is 1. The summed E-state index contributed by atoms with van der Waals surface area (Å²) < 4.78 is 30.9. The minimum absolute atomic E-state index is 0.148. The summed E-state index contributed by atoms with van der Waals surface area (Å²) in [6.45, 7) is -0.387. The largest absolute Gasteiger partial charge is 0.468 e. The number of sulfonamides is 1. The Bertz CT molecular complexity index is 704. The normalized spacial score (nSPS) is 11.4. The van der Waals surface area contributed by atoms with E-state index in [1.54, 1.807) is 18.2 Å². The first-order chi connectivity index (χ1) is 9.04. The fourth-order valence-electron chi connectivity index (χ4n) is 1.73. The van der Waals surface area contributed by atoms with E-state index >= 15 is 0 Å². The van der Waals surface area contributed by atoms with Gasteiger partial charge < -0.3 is 4.74 Å². The molecule has 19 heavy (non-hydrogen) atoms. The molecule has 0 saturated carbocycles. The number of carbonyl (C=O) groups is 1. The Morgan fingerprint density at radius 2 is 1.84 bits per heavy atom. The highest BCUT2D eigenvalue weighted by molar-refractivity contribution is 7.89. The second kappa shape index (κ2) is 5.38. The summed E-state index contributed by atoms with van der Waals surface area (Å²) in [6.07, 6.45) is 0. The molecule has 2 aromatic carbocycles. The fourth-order valence-corrected chi connectivity index (χ4v) is 2.93. The smallest absolute Gasteiger partial charge is 0.320 e. The van der Waals surface area contributed by atoms with Crippen molar-refractivity contribution in [1.29, 1.82) is 0 Å². The molecule has 6 heteroatoms. The first kappa shape index (κ1) is 13.5. The van der Waals surface area contributed by atoms with Crippen LogP contribution in [0.25, 0.3) is 10.8 Å². The summed E-state index contributed by atoms with van der Waals surface area (Å²) in [5.41, 5.74) is 0. The van der Waals surface area contributed by atoms with Gasteiger partial charge in [-0.1, -0.05) is 36.4 Å². The molecule has 0 atom stereocenters. The lowest BCUT2D eigenvalue weighted by molar-refractivity contribution is -0.139. The third-order valence-electron chi connectivity index (χ3n) is 2.67. The molecule has 100 valence electrons. The summed E-state index contributed by atoms with van der Waals surface area (Å²) in [5.74, 6) is -0.635. The predicted molar refractivity (Wildman–Crippen MR) is 71.2 cm³/mol. The van der Waals surface area contributed by atoms with Gasteiger partial charge in [0.2, 0.25) is 10.0 Å². The number of ether oxygens (including phenoxy) is 1. The van der Waals surface area contributed by atoms with Gasteiger partial charge in [-0.05, 0) is 11.5 Å². The van der Waals surface area contributed by atoms with Crippen LogP contribution >= 0.6 is 0 Å². The van der Waals surface area contributed by atoms with Crippen LogP contribution in [0.2, 0.25) is 0 Å². The minimum Gasteiger partial charge on any atom is -0.468 e. The molecule has 5 nitrogen and oxygen atoms in total. The van der Waals surface area contributed by atoms with E-state index in [9.17, 15) is 13.2 Å². The number of rotatable bonds is 4. The van der Waals surface area contributed by atoms with Crippen LogP contribution in [0.15, 0.2) is 47.4 Å². The van der Waals surface area contributed by atoms with Crippen LogP contribution < -0.4 is 4.72 Å². The number of carbonyl (C=O) groups excluding carboxylic acids is 1. The zero-order valence-electron chi connectivity index (χ0n) is 10.3. The van der Waals surface area contributed by atoms with Gasteiger partial charge in [-0.25, -0.2) is 8.42 Å². The SMILES string of the molecule is COC(=O)CNS(=O)(=O)c1cccc2ccccc12. The second-order valence-corrected chi connectivity index (χ2v) is 5.61. The van der Waals surface area contributed by atoms with Crippen molar-refractivity contribution in [3.8, 4) is 0 Å². The predicted octanol–water partition coefficient (Wildman–Crippen LogP) is 1.29. The molecule has 0 amide bonds. The molecule has 0 unspecified atom stereocenters. The lowest BCUT2D eigenvalue weighted by atomic mass is 10.1. The Kier molecular flexibility index (Phi) is 3.82. The fraction of sp³-hybridized carbons (Fsp3) is 0.154. The van der Waals surface area contributed by atoms with Crippen molar-refractivity contribution in [1.82, 2.24) is 4.72 Å². The molecule has 0 saturated heterocycles. The van der Waals surface area contributed by atoms with Gasteiger partial charge in [-0.2, -0.15) is 4.72 Å². The van der Waals surface area contributed by atoms with E-state index in [-0.39, 0.29) is 11.4 Å². The van der Waals surface area contributed by atoms with Crippen LogP contribution in [-0.2, 0) is 19.6 Å². The third kappa shape index (κ3) is 2.91. The van der Waals surface area contributed by atoms with Crippen LogP contribution in [0.4, 0.5) is 0 Å². The van der Waals surface area contributed by atoms with Gasteiger partial charge in [-0.3, -0.25) is 4.79 Å². The van der Waals surface area contributed by atoms with Crippen LogP contribution in [-0.4, -0.2) is 28.0 Å². The first-order valence-corrected chi connectivity index (χ1v) is 7.07. The molecule has 0 spiro atoms. The maximum atomic E-state index is 12.1. The standard InChI is InChI=1S/C13H13NO4S/c1-18-13(15)9-14-19(16,17)12-8-4-6-10-5-2-3-7-11(10)12/h2-8,14H,9H2,1H3.